The first-order valence-corrected chi connectivity index (χ1v) is 13.4. The maximum atomic E-state index is 2.75. The van der Waals surface area contributed by atoms with E-state index in [1.807, 2.05) is 14.1 Å². The molecule has 0 radical (unpaired) electrons. The molecule has 1 N–H and O–H groups in total. The fraction of sp³-hybridized carbons (Fsp3) is 0.182. The molecule has 0 saturated carbocycles. The standard InChI is InChI=1S/C8H9.2C6H5.C2H7N.Bi/c1-7-4-3-5-8(2)6-7;2*1-2-4-6-5-3-1;1-3-2;/h3-4,6H,1-2H3;2*1-5H;3H,1-2H3;. The molecular weight excluding hydrogens is 487 g/mol. The van der Waals surface area contributed by atoms with Crippen molar-refractivity contribution in [2.75, 3.05) is 14.1 Å². The fourth-order valence-electron chi connectivity index (χ4n) is 2.64. The van der Waals surface area contributed by atoms with Gasteiger partial charge in [-0.15, -0.1) is 0 Å². The normalized spacial score (nSPS) is 10.2. The first kappa shape index (κ1) is 18.8. The van der Waals surface area contributed by atoms with Gasteiger partial charge >= 0.3 is 135 Å². The Hall–Kier alpha value is -1.50. The number of nitrogens with one attached hydrogen (secondary N) is 1. The summed E-state index contributed by atoms with van der Waals surface area (Å²) in [6.07, 6.45) is 0. The van der Waals surface area contributed by atoms with E-state index in [0.29, 0.717) is 0 Å². The summed E-state index contributed by atoms with van der Waals surface area (Å²) in [5, 5.41) is 2.75. The zero-order chi connectivity index (χ0) is 17.4. The van der Waals surface area contributed by atoms with Crippen LogP contribution in [0.1, 0.15) is 11.1 Å². The number of hydrogen-bond acceptors (Lipinski definition) is 1. The third-order valence-electron chi connectivity index (χ3n) is 3.62. The van der Waals surface area contributed by atoms with Crippen LogP contribution in [0.3, 0.4) is 0 Å². The van der Waals surface area contributed by atoms with Crippen molar-refractivity contribution >= 4 is 31.6 Å². The van der Waals surface area contributed by atoms with Gasteiger partial charge in [0.2, 0.25) is 0 Å². The van der Waals surface area contributed by atoms with Gasteiger partial charge in [0.1, 0.15) is 0 Å². The molecule has 0 aliphatic heterocycles. The van der Waals surface area contributed by atoms with Crippen LogP contribution in [-0.4, -0.2) is 35.8 Å². The molecule has 0 fully saturated rings. The summed E-state index contributed by atoms with van der Waals surface area (Å²) >= 11 is -2.15. The average molecular weight is 513 g/mol. The summed E-state index contributed by atoms with van der Waals surface area (Å²) in [6, 6.07) is 29.1. The summed E-state index contributed by atoms with van der Waals surface area (Å²) in [5.74, 6) is 0. The third-order valence-corrected chi connectivity index (χ3v) is 13.8. The first-order valence-electron chi connectivity index (χ1n) is 8.23. The number of rotatable bonds is 3. The molecule has 0 amide bonds. The molecule has 0 saturated heterocycles. The van der Waals surface area contributed by atoms with Gasteiger partial charge in [-0.05, 0) is 14.1 Å². The molecule has 0 aliphatic carbocycles. The average Bonchev–Trinajstić information content (AvgIpc) is 2.60. The molecular formula is C22H26BiN. The summed E-state index contributed by atoms with van der Waals surface area (Å²) in [7, 11) is 3.75. The molecule has 124 valence electrons. The first-order chi connectivity index (χ1) is 11.7. The molecule has 0 bridgehead atoms. The van der Waals surface area contributed by atoms with Crippen molar-refractivity contribution in [2.45, 2.75) is 13.8 Å². The van der Waals surface area contributed by atoms with Crippen molar-refractivity contribution in [1.82, 2.24) is 5.32 Å². The summed E-state index contributed by atoms with van der Waals surface area (Å²) < 4.78 is 4.68. The van der Waals surface area contributed by atoms with E-state index in [9.17, 15) is 0 Å². The Morgan fingerprint density at radius 2 is 1.12 bits per heavy atom. The van der Waals surface area contributed by atoms with Gasteiger partial charge in [-0.3, -0.25) is 0 Å². The van der Waals surface area contributed by atoms with Gasteiger partial charge in [-0.2, -0.15) is 0 Å². The minimum absolute atomic E-state index is 1.35. The van der Waals surface area contributed by atoms with Crippen molar-refractivity contribution in [3.63, 3.8) is 0 Å². The second-order valence-electron chi connectivity index (χ2n) is 5.80. The van der Waals surface area contributed by atoms with Gasteiger partial charge in [0.15, 0.2) is 0 Å². The van der Waals surface area contributed by atoms with Gasteiger partial charge in [-0.1, -0.05) is 0 Å². The van der Waals surface area contributed by atoms with Crippen LogP contribution >= 0.6 is 0 Å². The second-order valence-corrected chi connectivity index (χ2v) is 14.3. The summed E-state index contributed by atoms with van der Waals surface area (Å²) in [6.45, 7) is 4.43. The number of benzene rings is 3. The van der Waals surface area contributed by atoms with Crippen molar-refractivity contribution < 1.29 is 0 Å². The maximum absolute atomic E-state index is 2.75. The van der Waals surface area contributed by atoms with E-state index in [2.05, 4.69) is 98.0 Å². The second kappa shape index (κ2) is 9.72. The fourth-order valence-corrected chi connectivity index (χ4v) is 12.1. The van der Waals surface area contributed by atoms with Gasteiger partial charge in [-0.25, -0.2) is 0 Å². The van der Waals surface area contributed by atoms with E-state index in [0.717, 1.165) is 0 Å². The predicted molar refractivity (Wildman–Crippen MR) is 108 cm³/mol. The Morgan fingerprint density at radius 3 is 1.54 bits per heavy atom. The van der Waals surface area contributed by atoms with E-state index in [4.69, 9.17) is 0 Å². The van der Waals surface area contributed by atoms with Gasteiger partial charge < -0.3 is 5.32 Å². The Morgan fingerprint density at radius 1 is 0.667 bits per heavy atom. The van der Waals surface area contributed by atoms with Crippen LogP contribution < -0.4 is 15.1 Å². The van der Waals surface area contributed by atoms with Gasteiger partial charge in [0, 0.05) is 0 Å². The molecule has 3 aromatic rings. The van der Waals surface area contributed by atoms with Crippen LogP contribution in [0.25, 0.3) is 0 Å². The molecule has 0 aromatic heterocycles. The number of aryl methyl sites for hydroxylation is 2. The molecule has 0 unspecified atom stereocenters. The van der Waals surface area contributed by atoms with E-state index in [1.165, 1.54) is 11.1 Å². The van der Waals surface area contributed by atoms with Gasteiger partial charge in [0.05, 0.1) is 0 Å². The molecule has 0 spiro atoms. The molecule has 3 aromatic carbocycles. The molecule has 3 rings (SSSR count). The molecule has 0 atom stereocenters. The molecule has 1 nitrogen and oxygen atoms in total. The predicted octanol–water partition coefficient (Wildman–Crippen LogP) is 2.66. The third kappa shape index (κ3) is 5.00. The van der Waals surface area contributed by atoms with E-state index < -0.39 is 21.8 Å². The SMILES string of the molecule is CNC.Cc1cc[c]([Bi]([c]2ccccc2)[c]2ccccc2)c(C)c1. The van der Waals surface area contributed by atoms with Crippen molar-refractivity contribution in [3.8, 4) is 0 Å². The summed E-state index contributed by atoms with van der Waals surface area (Å²) in [5.41, 5.74) is 2.79. The van der Waals surface area contributed by atoms with Crippen molar-refractivity contribution in [2.24, 2.45) is 0 Å². The van der Waals surface area contributed by atoms with Crippen LogP contribution in [0.4, 0.5) is 0 Å². The topological polar surface area (TPSA) is 12.0 Å². The minimum atomic E-state index is -2.15. The van der Waals surface area contributed by atoms with E-state index in [-0.39, 0.29) is 0 Å². The van der Waals surface area contributed by atoms with Crippen LogP contribution in [0.15, 0.2) is 78.9 Å². The van der Waals surface area contributed by atoms with Crippen LogP contribution in [0.2, 0.25) is 0 Å². The van der Waals surface area contributed by atoms with Crippen LogP contribution in [0.5, 0.6) is 0 Å². The monoisotopic (exact) mass is 513 g/mol. The Bertz CT molecular complexity index is 699. The molecule has 0 heterocycles. The van der Waals surface area contributed by atoms with Crippen LogP contribution in [-0.2, 0) is 0 Å². The Labute approximate surface area is 154 Å². The van der Waals surface area contributed by atoms with Gasteiger partial charge in [0.25, 0.3) is 0 Å². The van der Waals surface area contributed by atoms with E-state index in [1.54, 1.807) is 9.81 Å². The quantitative estimate of drug-likeness (QED) is 0.532. The summed E-state index contributed by atoms with van der Waals surface area (Å²) in [4.78, 5) is 0. The number of hydrogen-bond donors (Lipinski definition) is 1. The van der Waals surface area contributed by atoms with Crippen LogP contribution in [0, 0.1) is 13.8 Å². The van der Waals surface area contributed by atoms with Crippen molar-refractivity contribution in [1.29, 1.82) is 0 Å². The molecule has 24 heavy (non-hydrogen) atoms. The Balaban J connectivity index is 0.000000647. The van der Waals surface area contributed by atoms with E-state index >= 15 is 0 Å². The molecule has 2 heteroatoms. The van der Waals surface area contributed by atoms with Crippen molar-refractivity contribution in [3.05, 3.63) is 90.0 Å². The molecule has 0 aliphatic rings. The Kier molecular flexibility index (Phi) is 7.62. The zero-order valence-corrected chi connectivity index (χ0v) is 18.4. The zero-order valence-electron chi connectivity index (χ0n) is 15.0.